The average molecular weight is 430 g/mol. The number of hydrogen-bond acceptors (Lipinski definition) is 4. The smallest absolute Gasteiger partial charge is 0.545 e. The molecule has 0 aromatic heterocycles. The van der Waals surface area contributed by atoms with Crippen LogP contribution in [0.25, 0.3) is 0 Å². The first kappa shape index (κ1) is 19.8. The minimum atomic E-state index is -1.24. The van der Waals surface area contributed by atoms with Crippen LogP contribution in [0.15, 0.2) is 48.5 Å². The van der Waals surface area contributed by atoms with Crippen molar-refractivity contribution >= 4 is 59.0 Å². The van der Waals surface area contributed by atoms with Gasteiger partial charge in [0.05, 0.1) is 11.9 Å². The van der Waals surface area contributed by atoms with Gasteiger partial charge in [-0.1, -0.05) is 53.5 Å². The number of halogens is 2. The Morgan fingerprint density at radius 1 is 0.810 bits per heavy atom. The van der Waals surface area contributed by atoms with Crippen LogP contribution in [0.3, 0.4) is 0 Å². The van der Waals surface area contributed by atoms with Gasteiger partial charge in [0.15, 0.2) is 0 Å². The maximum absolute atomic E-state index is 10.2. The molecule has 0 aliphatic rings. The number of carboxylic acid groups (broad SMARTS) is 2. The Hall–Kier alpha value is -1.24. The Morgan fingerprint density at radius 3 is 1.71 bits per heavy atom. The molecular formula is C14H8Cl2O4Sn. The van der Waals surface area contributed by atoms with Gasteiger partial charge in [-0.15, -0.1) is 0 Å². The van der Waals surface area contributed by atoms with E-state index in [9.17, 15) is 19.8 Å². The van der Waals surface area contributed by atoms with Crippen LogP contribution >= 0.6 is 23.2 Å². The summed E-state index contributed by atoms with van der Waals surface area (Å²) in [5, 5.41) is 21.1. The second kappa shape index (κ2) is 9.65. The molecular weight excluding hydrogens is 422 g/mol. The van der Waals surface area contributed by atoms with E-state index in [2.05, 4.69) is 0 Å². The van der Waals surface area contributed by atoms with E-state index in [1.165, 1.54) is 36.4 Å². The Balaban J connectivity index is 0.000000364. The van der Waals surface area contributed by atoms with E-state index in [1.54, 1.807) is 12.1 Å². The predicted molar refractivity (Wildman–Crippen MR) is 77.3 cm³/mol. The Kier molecular flexibility index (Phi) is 9.08. The summed E-state index contributed by atoms with van der Waals surface area (Å²) in [6, 6.07) is 12.0. The first-order valence-electron chi connectivity index (χ1n) is 5.34. The van der Waals surface area contributed by atoms with Gasteiger partial charge in [-0.2, -0.15) is 0 Å². The third kappa shape index (κ3) is 6.84. The Bertz CT molecular complexity index is 615. The Morgan fingerprint density at radius 2 is 1.33 bits per heavy atom. The molecule has 2 radical (unpaired) electrons. The topological polar surface area (TPSA) is 80.3 Å². The molecule has 4 nitrogen and oxygen atoms in total. The van der Waals surface area contributed by atoms with E-state index in [1.807, 2.05) is 0 Å². The fourth-order valence-corrected chi connectivity index (χ4v) is 1.55. The van der Waals surface area contributed by atoms with Crippen LogP contribution in [0.4, 0.5) is 0 Å². The molecule has 0 aliphatic heterocycles. The standard InChI is InChI=1S/2C7H5ClO2.Sn/c8-6-3-1-5(2-4-6)7(9)10;8-6-4-2-1-3-5(6)7(9)10;/h2*1-4H,(H,9,10);/q;;+2/p-2. The van der Waals surface area contributed by atoms with E-state index >= 15 is 0 Å². The molecule has 0 heterocycles. The molecule has 2 aromatic carbocycles. The molecule has 0 fully saturated rings. The van der Waals surface area contributed by atoms with Crippen molar-refractivity contribution in [3.63, 3.8) is 0 Å². The summed E-state index contributed by atoms with van der Waals surface area (Å²) in [4.78, 5) is 20.4. The molecule has 2 aromatic rings. The minimum absolute atomic E-state index is 0. The number of aromatic carboxylic acids is 2. The van der Waals surface area contributed by atoms with Crippen LogP contribution < -0.4 is 10.2 Å². The minimum Gasteiger partial charge on any atom is -0.545 e. The number of hydrogen-bond donors (Lipinski definition) is 0. The first-order valence-corrected chi connectivity index (χ1v) is 6.10. The van der Waals surface area contributed by atoms with Gasteiger partial charge in [-0.05, 0) is 23.8 Å². The normalized spacial score (nSPS) is 8.86. The van der Waals surface area contributed by atoms with Crippen LogP contribution in [0.1, 0.15) is 20.7 Å². The SMILES string of the molecule is O=C([O-])c1ccc(Cl)cc1.O=C([O-])c1ccccc1Cl.[Sn+2]. The van der Waals surface area contributed by atoms with Crippen LogP contribution in [0.5, 0.6) is 0 Å². The zero-order valence-electron chi connectivity index (χ0n) is 10.5. The third-order valence-corrected chi connectivity index (χ3v) is 2.76. The second-order valence-electron chi connectivity index (χ2n) is 3.56. The third-order valence-electron chi connectivity index (χ3n) is 2.17. The van der Waals surface area contributed by atoms with Crippen molar-refractivity contribution in [2.45, 2.75) is 0 Å². The molecule has 0 amide bonds. The fourth-order valence-electron chi connectivity index (χ4n) is 1.21. The van der Waals surface area contributed by atoms with Crippen LogP contribution in [0.2, 0.25) is 10.0 Å². The Labute approximate surface area is 148 Å². The number of carbonyl (C=O) groups excluding carboxylic acids is 2. The van der Waals surface area contributed by atoms with E-state index in [0.29, 0.717) is 5.02 Å². The van der Waals surface area contributed by atoms with Crippen LogP contribution in [-0.4, -0.2) is 35.8 Å². The molecule has 0 saturated carbocycles. The predicted octanol–water partition coefficient (Wildman–Crippen LogP) is 1.03. The monoisotopic (exact) mass is 430 g/mol. The summed E-state index contributed by atoms with van der Waals surface area (Å²) in [6.07, 6.45) is 0. The van der Waals surface area contributed by atoms with Crippen LogP contribution in [-0.2, 0) is 0 Å². The van der Waals surface area contributed by atoms with Gasteiger partial charge in [0.2, 0.25) is 0 Å². The average Bonchev–Trinajstić information content (AvgIpc) is 2.40. The molecule has 0 unspecified atom stereocenters. The summed E-state index contributed by atoms with van der Waals surface area (Å²) in [7, 11) is 0. The van der Waals surface area contributed by atoms with Crippen LogP contribution in [0, 0.1) is 0 Å². The van der Waals surface area contributed by atoms with Gasteiger partial charge in [-0.3, -0.25) is 0 Å². The van der Waals surface area contributed by atoms with Crippen molar-refractivity contribution in [2.75, 3.05) is 0 Å². The molecule has 2 rings (SSSR count). The zero-order valence-corrected chi connectivity index (χ0v) is 14.9. The number of carboxylic acids is 2. The van der Waals surface area contributed by atoms with Crippen molar-refractivity contribution in [1.29, 1.82) is 0 Å². The molecule has 0 atom stereocenters. The van der Waals surface area contributed by atoms with E-state index < -0.39 is 11.9 Å². The summed E-state index contributed by atoms with van der Waals surface area (Å²) >= 11 is 11.0. The van der Waals surface area contributed by atoms with Crippen molar-refractivity contribution in [2.24, 2.45) is 0 Å². The molecule has 7 heteroatoms. The van der Waals surface area contributed by atoms with E-state index in [0.717, 1.165) is 0 Å². The molecule has 21 heavy (non-hydrogen) atoms. The van der Waals surface area contributed by atoms with Gasteiger partial charge >= 0.3 is 23.9 Å². The second-order valence-corrected chi connectivity index (χ2v) is 4.41. The van der Waals surface area contributed by atoms with Gasteiger partial charge in [0, 0.05) is 15.6 Å². The zero-order chi connectivity index (χ0) is 15.1. The fraction of sp³-hybridized carbons (Fsp3) is 0. The number of rotatable bonds is 2. The molecule has 0 spiro atoms. The van der Waals surface area contributed by atoms with Gasteiger partial charge in [-0.25, -0.2) is 0 Å². The van der Waals surface area contributed by atoms with Crippen molar-refractivity contribution < 1.29 is 19.8 Å². The summed E-state index contributed by atoms with van der Waals surface area (Å²) in [5.41, 5.74) is 0.175. The maximum Gasteiger partial charge on any atom is 2.00 e. The summed E-state index contributed by atoms with van der Waals surface area (Å²) < 4.78 is 0. The van der Waals surface area contributed by atoms with Crippen molar-refractivity contribution in [3.05, 3.63) is 69.7 Å². The number of benzene rings is 2. The maximum atomic E-state index is 10.2. The quantitative estimate of drug-likeness (QED) is 0.668. The molecule has 0 aliphatic carbocycles. The van der Waals surface area contributed by atoms with Crippen molar-refractivity contribution in [3.8, 4) is 0 Å². The summed E-state index contributed by atoms with van der Waals surface area (Å²) in [5.74, 6) is -2.43. The van der Waals surface area contributed by atoms with E-state index in [4.69, 9.17) is 23.2 Å². The largest absolute Gasteiger partial charge is 2.00 e. The molecule has 0 saturated heterocycles. The van der Waals surface area contributed by atoms with Gasteiger partial charge in [0.25, 0.3) is 0 Å². The van der Waals surface area contributed by atoms with Crippen molar-refractivity contribution in [1.82, 2.24) is 0 Å². The molecule has 0 bridgehead atoms. The summed E-state index contributed by atoms with van der Waals surface area (Å²) in [6.45, 7) is 0. The first-order chi connectivity index (χ1) is 9.41. The van der Waals surface area contributed by atoms with Gasteiger partial charge in [0.1, 0.15) is 0 Å². The molecule has 106 valence electrons. The molecule has 0 N–H and O–H groups in total. The van der Waals surface area contributed by atoms with Gasteiger partial charge < -0.3 is 19.8 Å². The van der Waals surface area contributed by atoms with E-state index in [-0.39, 0.29) is 40.1 Å². The number of carbonyl (C=O) groups is 2.